The molecule has 0 aliphatic rings. The van der Waals surface area contributed by atoms with Crippen molar-refractivity contribution < 1.29 is 10.2 Å². The SMILES string of the molecule is OCCCS.OCCCS. The van der Waals surface area contributed by atoms with Gasteiger partial charge in [-0.15, -0.1) is 0 Å². The minimum absolute atomic E-state index is 0.267. The molecule has 0 bridgehead atoms. The van der Waals surface area contributed by atoms with Crippen molar-refractivity contribution in [3.8, 4) is 0 Å². The smallest absolute Gasteiger partial charge is 0.0438 e. The topological polar surface area (TPSA) is 40.5 Å². The fourth-order valence-electron chi connectivity index (χ4n) is 0.141. The maximum atomic E-state index is 8.02. The first-order valence-corrected chi connectivity index (χ1v) is 4.53. The molecule has 0 unspecified atom stereocenters. The normalized spacial score (nSPS) is 8.40. The summed E-state index contributed by atoms with van der Waals surface area (Å²) >= 11 is 7.68. The third-order valence-electron chi connectivity index (χ3n) is 0.632. The van der Waals surface area contributed by atoms with Gasteiger partial charge in [-0.2, -0.15) is 25.3 Å². The van der Waals surface area contributed by atoms with E-state index in [9.17, 15) is 0 Å². The van der Waals surface area contributed by atoms with Crippen LogP contribution in [0.1, 0.15) is 12.8 Å². The van der Waals surface area contributed by atoms with Crippen molar-refractivity contribution in [3.05, 3.63) is 0 Å². The average Bonchev–Trinajstić information content (AvgIpc) is 1.93. The number of aliphatic hydroxyl groups excluding tert-OH is 2. The average molecular weight is 184 g/mol. The minimum Gasteiger partial charge on any atom is -0.396 e. The monoisotopic (exact) mass is 184 g/mol. The highest BCUT2D eigenvalue weighted by molar-refractivity contribution is 7.80. The molecule has 0 aliphatic carbocycles. The molecule has 0 aromatic rings. The summed E-state index contributed by atoms with van der Waals surface area (Å²) in [7, 11) is 0. The Balaban J connectivity index is 0. The van der Waals surface area contributed by atoms with Gasteiger partial charge in [0.2, 0.25) is 0 Å². The van der Waals surface area contributed by atoms with Crippen LogP contribution in [0.25, 0.3) is 0 Å². The van der Waals surface area contributed by atoms with E-state index < -0.39 is 0 Å². The van der Waals surface area contributed by atoms with Gasteiger partial charge < -0.3 is 10.2 Å². The second-order valence-corrected chi connectivity index (χ2v) is 2.50. The largest absolute Gasteiger partial charge is 0.396 e. The summed E-state index contributed by atoms with van der Waals surface area (Å²) in [5.74, 6) is 1.58. The van der Waals surface area contributed by atoms with Crippen LogP contribution in [-0.4, -0.2) is 34.9 Å². The lowest BCUT2D eigenvalue weighted by Gasteiger charge is -1.79. The van der Waals surface area contributed by atoms with Gasteiger partial charge in [0.1, 0.15) is 0 Å². The van der Waals surface area contributed by atoms with E-state index in [-0.39, 0.29) is 13.2 Å². The molecule has 2 N–H and O–H groups in total. The van der Waals surface area contributed by atoms with Crippen LogP contribution < -0.4 is 0 Å². The summed E-state index contributed by atoms with van der Waals surface area (Å²) in [6.07, 6.45) is 1.62. The van der Waals surface area contributed by atoms with E-state index in [2.05, 4.69) is 25.3 Å². The third-order valence-corrected chi connectivity index (χ3v) is 1.26. The first-order valence-electron chi connectivity index (χ1n) is 3.26. The summed E-state index contributed by atoms with van der Waals surface area (Å²) in [6, 6.07) is 0. The van der Waals surface area contributed by atoms with Crippen LogP contribution in [0.3, 0.4) is 0 Å². The zero-order valence-electron chi connectivity index (χ0n) is 6.03. The molecular weight excluding hydrogens is 168 g/mol. The van der Waals surface area contributed by atoms with Crippen LogP contribution in [0.15, 0.2) is 0 Å². The van der Waals surface area contributed by atoms with Crippen molar-refractivity contribution in [3.63, 3.8) is 0 Å². The molecule has 0 aromatic carbocycles. The molecule has 0 heterocycles. The Hall–Kier alpha value is 0.620. The molecule has 0 aliphatic heterocycles. The van der Waals surface area contributed by atoms with Gasteiger partial charge >= 0.3 is 0 Å². The molecule has 0 fully saturated rings. The van der Waals surface area contributed by atoms with Crippen molar-refractivity contribution in [1.29, 1.82) is 0 Å². The maximum absolute atomic E-state index is 8.02. The van der Waals surface area contributed by atoms with Crippen molar-refractivity contribution in [2.45, 2.75) is 12.8 Å². The molecule has 0 rings (SSSR count). The quantitative estimate of drug-likeness (QED) is 0.483. The van der Waals surface area contributed by atoms with Crippen molar-refractivity contribution in [2.75, 3.05) is 24.7 Å². The zero-order valence-corrected chi connectivity index (χ0v) is 7.82. The van der Waals surface area contributed by atoms with Gasteiger partial charge in [-0.1, -0.05) is 0 Å². The van der Waals surface area contributed by atoms with Gasteiger partial charge in [-0.25, -0.2) is 0 Å². The summed E-state index contributed by atoms with van der Waals surface area (Å²) < 4.78 is 0. The third kappa shape index (κ3) is 23.4. The Morgan fingerprint density at radius 2 is 1.10 bits per heavy atom. The standard InChI is InChI=1S/2C3H8OS/c2*4-2-1-3-5/h2*4-5H,1-3H2. The van der Waals surface area contributed by atoms with Crippen LogP contribution in [0.5, 0.6) is 0 Å². The Morgan fingerprint density at radius 3 is 1.10 bits per heavy atom. The molecule has 10 heavy (non-hydrogen) atoms. The second-order valence-electron chi connectivity index (χ2n) is 1.60. The Bertz CT molecular complexity index is 34.7. The summed E-state index contributed by atoms with van der Waals surface area (Å²) in [6.45, 7) is 0.535. The Kier molecular flexibility index (Phi) is 21.6. The molecule has 2 nitrogen and oxygen atoms in total. The Morgan fingerprint density at radius 1 is 0.800 bits per heavy atom. The lowest BCUT2D eigenvalue weighted by Crippen LogP contribution is -1.79. The summed E-state index contributed by atoms with van der Waals surface area (Å²) in [5.41, 5.74) is 0. The zero-order chi connectivity index (χ0) is 8.24. The fourth-order valence-corrected chi connectivity index (χ4v) is 0.424. The highest BCUT2D eigenvalue weighted by Crippen LogP contribution is 1.77. The predicted molar refractivity (Wildman–Crippen MR) is 51.1 cm³/mol. The van der Waals surface area contributed by atoms with Crippen molar-refractivity contribution >= 4 is 25.3 Å². The highest BCUT2D eigenvalue weighted by Gasteiger charge is 1.70. The molecule has 0 saturated carbocycles. The lowest BCUT2D eigenvalue weighted by molar-refractivity contribution is 0.296. The van der Waals surface area contributed by atoms with Crippen LogP contribution in [0.2, 0.25) is 0 Å². The maximum Gasteiger partial charge on any atom is 0.0438 e. The molecular formula is C6H16O2S2. The molecule has 64 valence electrons. The molecule has 0 saturated heterocycles. The van der Waals surface area contributed by atoms with Crippen LogP contribution in [0.4, 0.5) is 0 Å². The number of aliphatic hydroxyl groups is 2. The van der Waals surface area contributed by atoms with Crippen molar-refractivity contribution in [1.82, 2.24) is 0 Å². The van der Waals surface area contributed by atoms with E-state index in [1.54, 1.807) is 0 Å². The van der Waals surface area contributed by atoms with Gasteiger partial charge in [0.05, 0.1) is 0 Å². The summed E-state index contributed by atoms with van der Waals surface area (Å²) in [5, 5.41) is 16.0. The first-order chi connectivity index (χ1) is 4.83. The molecule has 0 radical (unpaired) electrons. The van der Waals surface area contributed by atoms with E-state index in [0.29, 0.717) is 0 Å². The lowest BCUT2D eigenvalue weighted by atomic mass is 10.5. The molecule has 4 heteroatoms. The van der Waals surface area contributed by atoms with Gasteiger partial charge in [0, 0.05) is 13.2 Å². The second kappa shape index (κ2) is 16.3. The number of thiol groups is 2. The van der Waals surface area contributed by atoms with Crippen LogP contribution in [0, 0.1) is 0 Å². The molecule has 0 aromatic heterocycles. The van der Waals surface area contributed by atoms with E-state index in [4.69, 9.17) is 10.2 Å². The van der Waals surface area contributed by atoms with Crippen molar-refractivity contribution in [2.24, 2.45) is 0 Å². The minimum atomic E-state index is 0.267. The van der Waals surface area contributed by atoms with Gasteiger partial charge in [0.15, 0.2) is 0 Å². The molecule has 0 amide bonds. The van der Waals surface area contributed by atoms with Crippen LogP contribution in [-0.2, 0) is 0 Å². The Labute approximate surface area is 73.5 Å². The highest BCUT2D eigenvalue weighted by atomic mass is 32.1. The number of hydrogen-bond acceptors (Lipinski definition) is 4. The van der Waals surface area contributed by atoms with Gasteiger partial charge in [0.25, 0.3) is 0 Å². The number of rotatable bonds is 4. The molecule has 0 spiro atoms. The van der Waals surface area contributed by atoms with E-state index >= 15 is 0 Å². The van der Waals surface area contributed by atoms with E-state index in [0.717, 1.165) is 24.3 Å². The summed E-state index contributed by atoms with van der Waals surface area (Å²) in [4.78, 5) is 0. The van der Waals surface area contributed by atoms with Crippen LogP contribution >= 0.6 is 25.3 Å². The van der Waals surface area contributed by atoms with E-state index in [1.807, 2.05) is 0 Å². The number of hydrogen-bond donors (Lipinski definition) is 4. The van der Waals surface area contributed by atoms with Gasteiger partial charge in [-0.3, -0.25) is 0 Å². The van der Waals surface area contributed by atoms with E-state index in [1.165, 1.54) is 0 Å². The first kappa shape index (κ1) is 13.2. The molecule has 0 atom stereocenters. The fraction of sp³-hybridized carbons (Fsp3) is 1.00. The van der Waals surface area contributed by atoms with Gasteiger partial charge in [-0.05, 0) is 24.3 Å². The predicted octanol–water partition coefficient (Wildman–Crippen LogP) is 0.597.